The number of nitrogens with one attached hydrogen (secondary N) is 2. The molecule has 10 heteroatoms. The molecule has 0 saturated carbocycles. The van der Waals surface area contributed by atoms with Crippen LogP contribution in [0.4, 0.5) is 10.2 Å². The lowest BCUT2D eigenvalue weighted by Gasteiger charge is -2.23. The maximum absolute atomic E-state index is 14.4. The van der Waals surface area contributed by atoms with Gasteiger partial charge >= 0.3 is 0 Å². The van der Waals surface area contributed by atoms with E-state index in [1.807, 2.05) is 19.9 Å². The molecule has 0 fully saturated rings. The average molecular weight is 443 g/mol. The number of H-pyrrole nitrogens is 1. The number of hydrogen-bond acceptors (Lipinski definition) is 7. The summed E-state index contributed by atoms with van der Waals surface area (Å²) in [5.74, 6) is 0.498. The van der Waals surface area contributed by atoms with Crippen LogP contribution in [0.2, 0.25) is 5.02 Å². The second kappa shape index (κ2) is 8.35. The summed E-state index contributed by atoms with van der Waals surface area (Å²) in [6.07, 6.45) is 4.53. The molecule has 0 amide bonds. The van der Waals surface area contributed by atoms with Crippen molar-refractivity contribution in [3.8, 4) is 22.8 Å². The number of nitrogens with zero attached hydrogens (tertiary/aromatic N) is 4. The number of rotatable bonds is 6. The largest absolute Gasteiger partial charge is 0.496 e. The number of methoxy groups -OCH3 is 2. The molecule has 31 heavy (non-hydrogen) atoms. The van der Waals surface area contributed by atoms with Gasteiger partial charge in [0.15, 0.2) is 17.3 Å². The first-order valence-electron chi connectivity index (χ1n) is 9.42. The van der Waals surface area contributed by atoms with E-state index >= 15 is 0 Å². The van der Waals surface area contributed by atoms with Crippen LogP contribution in [0.5, 0.6) is 11.6 Å². The molecule has 0 bridgehead atoms. The van der Waals surface area contributed by atoms with Crippen molar-refractivity contribution in [1.82, 2.24) is 24.9 Å². The highest BCUT2D eigenvalue weighted by atomic mass is 35.5. The molecule has 1 atom stereocenters. The Kier molecular flexibility index (Phi) is 5.60. The highest BCUT2D eigenvalue weighted by Crippen LogP contribution is 2.43. The molecule has 0 radical (unpaired) electrons. The molecule has 0 aliphatic heterocycles. The van der Waals surface area contributed by atoms with Crippen molar-refractivity contribution in [2.24, 2.45) is 0 Å². The van der Waals surface area contributed by atoms with Crippen molar-refractivity contribution in [1.29, 1.82) is 0 Å². The third-order valence-corrected chi connectivity index (χ3v) is 5.43. The number of halogens is 2. The fourth-order valence-electron chi connectivity index (χ4n) is 3.50. The quantitative estimate of drug-likeness (QED) is 0.446. The van der Waals surface area contributed by atoms with E-state index in [4.69, 9.17) is 21.1 Å². The summed E-state index contributed by atoms with van der Waals surface area (Å²) >= 11 is 6.56. The van der Waals surface area contributed by atoms with Gasteiger partial charge in [-0.15, -0.1) is 0 Å². The zero-order valence-electron chi connectivity index (χ0n) is 17.3. The molecule has 0 saturated heterocycles. The van der Waals surface area contributed by atoms with Gasteiger partial charge in [-0.05, 0) is 31.5 Å². The molecule has 0 aliphatic rings. The second-order valence-corrected chi connectivity index (χ2v) is 7.29. The number of aromatic nitrogens is 5. The Labute approximate surface area is 182 Å². The SMILES string of the molecule is COc1ncc(-c2c(C)c(Cl)cc(C(C)Nc3ncnc4nc[nH]c34)c2OC)cc1F. The van der Waals surface area contributed by atoms with Crippen LogP contribution < -0.4 is 14.8 Å². The zero-order valence-corrected chi connectivity index (χ0v) is 18.1. The third-order valence-electron chi connectivity index (χ3n) is 5.04. The Hall–Kier alpha value is -3.46. The molecule has 3 aromatic heterocycles. The Morgan fingerprint density at radius 3 is 2.65 bits per heavy atom. The van der Waals surface area contributed by atoms with E-state index in [0.717, 1.165) is 11.1 Å². The number of aromatic amines is 1. The van der Waals surface area contributed by atoms with Gasteiger partial charge in [-0.1, -0.05) is 11.6 Å². The monoisotopic (exact) mass is 442 g/mol. The number of anilines is 1. The van der Waals surface area contributed by atoms with Crippen molar-refractivity contribution in [3.05, 3.63) is 53.0 Å². The molecular weight excluding hydrogens is 423 g/mol. The summed E-state index contributed by atoms with van der Waals surface area (Å²) in [5, 5.41) is 3.86. The summed E-state index contributed by atoms with van der Waals surface area (Å²) in [7, 11) is 2.93. The van der Waals surface area contributed by atoms with Crippen molar-refractivity contribution in [3.63, 3.8) is 0 Å². The minimum atomic E-state index is -0.572. The van der Waals surface area contributed by atoms with E-state index in [2.05, 4.69) is 30.2 Å². The van der Waals surface area contributed by atoms with Crippen LogP contribution in [0.3, 0.4) is 0 Å². The molecule has 2 N–H and O–H groups in total. The van der Waals surface area contributed by atoms with Crippen molar-refractivity contribution >= 4 is 28.6 Å². The number of ether oxygens (including phenoxy) is 2. The highest BCUT2D eigenvalue weighted by Gasteiger charge is 2.23. The molecular formula is C21H20ClFN6O2. The lowest BCUT2D eigenvalue weighted by atomic mass is 9.94. The van der Waals surface area contributed by atoms with E-state index in [-0.39, 0.29) is 11.9 Å². The van der Waals surface area contributed by atoms with Crippen LogP contribution >= 0.6 is 11.6 Å². The topological polar surface area (TPSA) is 97.8 Å². The maximum atomic E-state index is 14.4. The standard InChI is InChI=1S/C21H20ClFN6O2/c1-10-14(22)6-13(11(2)29-20-17-19(26-8-25-17)27-9-28-20)18(30-3)16(10)12-5-15(23)21(31-4)24-7-12/h5-9,11H,1-4H3,(H2,25,26,27,28,29). The summed E-state index contributed by atoms with van der Waals surface area (Å²) in [6, 6.07) is 2.92. The Balaban J connectivity index is 1.81. The summed E-state index contributed by atoms with van der Waals surface area (Å²) in [6.45, 7) is 3.80. The van der Waals surface area contributed by atoms with Gasteiger partial charge < -0.3 is 19.8 Å². The van der Waals surface area contributed by atoms with Gasteiger partial charge in [0.05, 0.1) is 26.6 Å². The molecule has 0 spiro atoms. The predicted molar refractivity (Wildman–Crippen MR) is 116 cm³/mol. The highest BCUT2D eigenvalue weighted by molar-refractivity contribution is 6.32. The Bertz CT molecular complexity index is 1260. The van der Waals surface area contributed by atoms with Crippen LogP contribution in [0.15, 0.2) is 31.0 Å². The molecule has 8 nitrogen and oxygen atoms in total. The number of fused-ring (bicyclic) bond motifs is 1. The smallest absolute Gasteiger partial charge is 0.250 e. The van der Waals surface area contributed by atoms with Gasteiger partial charge in [-0.3, -0.25) is 0 Å². The van der Waals surface area contributed by atoms with Gasteiger partial charge in [0.25, 0.3) is 0 Å². The van der Waals surface area contributed by atoms with Crippen molar-refractivity contribution in [2.45, 2.75) is 19.9 Å². The number of pyridine rings is 1. The minimum absolute atomic E-state index is 0.0787. The molecule has 160 valence electrons. The van der Waals surface area contributed by atoms with E-state index in [0.29, 0.717) is 38.9 Å². The fourth-order valence-corrected chi connectivity index (χ4v) is 3.72. The van der Waals surface area contributed by atoms with E-state index in [1.54, 1.807) is 13.4 Å². The maximum Gasteiger partial charge on any atom is 0.250 e. The van der Waals surface area contributed by atoms with Crippen molar-refractivity contribution < 1.29 is 13.9 Å². The van der Waals surface area contributed by atoms with Crippen LogP contribution in [0.25, 0.3) is 22.3 Å². The van der Waals surface area contributed by atoms with Gasteiger partial charge in [-0.2, -0.15) is 0 Å². The number of imidazole rings is 1. The van der Waals surface area contributed by atoms with Gasteiger partial charge in [0.1, 0.15) is 17.6 Å². The average Bonchev–Trinajstić information content (AvgIpc) is 3.25. The zero-order chi connectivity index (χ0) is 22.1. The number of benzene rings is 1. The Morgan fingerprint density at radius 1 is 1.13 bits per heavy atom. The van der Waals surface area contributed by atoms with E-state index in [9.17, 15) is 4.39 Å². The molecule has 1 unspecified atom stereocenters. The molecule has 4 rings (SSSR count). The summed E-state index contributed by atoms with van der Waals surface area (Å²) in [5.41, 5.74) is 3.95. The molecule has 0 aliphatic carbocycles. The first-order valence-corrected chi connectivity index (χ1v) is 9.79. The number of hydrogen-bond donors (Lipinski definition) is 2. The van der Waals surface area contributed by atoms with Gasteiger partial charge in [0.2, 0.25) is 5.88 Å². The summed E-state index contributed by atoms with van der Waals surface area (Å²) < 4.78 is 25.1. The molecule has 1 aromatic carbocycles. The van der Waals surface area contributed by atoms with Gasteiger partial charge in [0, 0.05) is 27.9 Å². The van der Waals surface area contributed by atoms with Crippen LogP contribution in [0.1, 0.15) is 24.1 Å². The first kappa shape index (κ1) is 20.8. The lowest BCUT2D eigenvalue weighted by Crippen LogP contribution is -2.11. The van der Waals surface area contributed by atoms with Gasteiger partial charge in [-0.25, -0.2) is 24.3 Å². The van der Waals surface area contributed by atoms with E-state index < -0.39 is 5.82 Å². The van der Waals surface area contributed by atoms with Crippen LogP contribution in [-0.2, 0) is 0 Å². The van der Waals surface area contributed by atoms with E-state index in [1.165, 1.54) is 25.7 Å². The summed E-state index contributed by atoms with van der Waals surface area (Å²) in [4.78, 5) is 19.7. The van der Waals surface area contributed by atoms with Crippen molar-refractivity contribution in [2.75, 3.05) is 19.5 Å². The molecule has 3 heterocycles. The fraction of sp³-hybridized carbons (Fsp3) is 0.238. The normalized spacial score (nSPS) is 12.1. The minimum Gasteiger partial charge on any atom is -0.496 e. The first-order chi connectivity index (χ1) is 14.9. The molecule has 4 aromatic rings. The second-order valence-electron chi connectivity index (χ2n) is 6.89. The lowest BCUT2D eigenvalue weighted by molar-refractivity contribution is 0.369. The van der Waals surface area contributed by atoms with Crippen LogP contribution in [-0.4, -0.2) is 39.1 Å². The predicted octanol–water partition coefficient (Wildman–Crippen LogP) is 4.71. The Morgan fingerprint density at radius 2 is 1.94 bits per heavy atom. The third kappa shape index (κ3) is 3.72. The van der Waals surface area contributed by atoms with Crippen LogP contribution in [0, 0.1) is 12.7 Å².